The van der Waals surface area contributed by atoms with Crippen molar-refractivity contribution in [2.75, 3.05) is 6.61 Å². The minimum absolute atomic E-state index is 0.0332. The van der Waals surface area contributed by atoms with Crippen molar-refractivity contribution in [3.63, 3.8) is 0 Å². The average Bonchev–Trinajstić information content (AvgIpc) is 3.08. The minimum Gasteiger partial charge on any atom is -0.507 e. The van der Waals surface area contributed by atoms with Crippen LogP contribution in [0.15, 0.2) is 84.4 Å². The van der Waals surface area contributed by atoms with Crippen LogP contribution in [0, 0.1) is 0 Å². The predicted molar refractivity (Wildman–Crippen MR) is 128 cm³/mol. The van der Waals surface area contributed by atoms with Gasteiger partial charge in [0.25, 0.3) is 11.7 Å². The van der Waals surface area contributed by atoms with E-state index in [-0.39, 0.29) is 17.9 Å². The zero-order valence-corrected chi connectivity index (χ0v) is 19.0. The standard InChI is InChI=1S/C27H24ClNO4/c1-2-14-33-22-13-7-11-20(16-22)25(30)23-24(19-10-6-12-21(28)15-19)29(27(32)26(23)31)17-18-8-4-3-5-9-18/h3-13,15-16,24,30H,2,14,17H2,1H3. The van der Waals surface area contributed by atoms with Crippen molar-refractivity contribution in [1.29, 1.82) is 0 Å². The number of amides is 1. The highest BCUT2D eigenvalue weighted by atomic mass is 35.5. The number of nitrogens with zero attached hydrogens (tertiary/aromatic N) is 1. The molecule has 5 nitrogen and oxygen atoms in total. The van der Waals surface area contributed by atoms with Gasteiger partial charge in [0, 0.05) is 17.1 Å². The molecule has 6 heteroatoms. The van der Waals surface area contributed by atoms with Crippen molar-refractivity contribution in [2.45, 2.75) is 25.9 Å². The van der Waals surface area contributed by atoms with E-state index in [1.54, 1.807) is 48.5 Å². The van der Waals surface area contributed by atoms with Crippen molar-refractivity contribution in [3.8, 4) is 5.75 Å². The first-order valence-electron chi connectivity index (χ1n) is 10.8. The molecule has 1 heterocycles. The van der Waals surface area contributed by atoms with Crippen LogP contribution in [-0.4, -0.2) is 28.3 Å². The SMILES string of the molecule is CCCOc1cccc(C(O)=C2C(=O)C(=O)N(Cc3ccccc3)C2c2cccc(Cl)c2)c1. The Balaban J connectivity index is 1.83. The van der Waals surface area contributed by atoms with E-state index < -0.39 is 17.7 Å². The smallest absolute Gasteiger partial charge is 0.295 e. The molecule has 3 aromatic rings. The molecule has 0 radical (unpaired) electrons. The van der Waals surface area contributed by atoms with E-state index in [9.17, 15) is 14.7 Å². The maximum absolute atomic E-state index is 13.2. The molecule has 33 heavy (non-hydrogen) atoms. The molecule has 1 saturated heterocycles. The minimum atomic E-state index is -0.774. The van der Waals surface area contributed by atoms with Crippen LogP contribution in [0.5, 0.6) is 5.75 Å². The number of aliphatic hydroxyl groups excluding tert-OH is 1. The van der Waals surface area contributed by atoms with Crippen LogP contribution in [0.1, 0.15) is 36.1 Å². The number of ether oxygens (including phenoxy) is 1. The van der Waals surface area contributed by atoms with Gasteiger partial charge in [0.15, 0.2) is 0 Å². The second kappa shape index (κ2) is 9.92. The van der Waals surface area contributed by atoms with Crippen LogP contribution in [0.4, 0.5) is 0 Å². The second-order valence-corrected chi connectivity index (χ2v) is 8.28. The fraction of sp³-hybridized carbons (Fsp3) is 0.185. The lowest BCUT2D eigenvalue weighted by molar-refractivity contribution is -0.140. The molecular weight excluding hydrogens is 438 g/mol. The molecule has 4 rings (SSSR count). The van der Waals surface area contributed by atoms with Gasteiger partial charge in [-0.2, -0.15) is 0 Å². The zero-order chi connectivity index (χ0) is 23.4. The van der Waals surface area contributed by atoms with Crippen molar-refractivity contribution >= 4 is 29.1 Å². The van der Waals surface area contributed by atoms with Crippen molar-refractivity contribution < 1.29 is 19.4 Å². The van der Waals surface area contributed by atoms with Crippen molar-refractivity contribution in [1.82, 2.24) is 4.90 Å². The van der Waals surface area contributed by atoms with E-state index in [4.69, 9.17) is 16.3 Å². The summed E-state index contributed by atoms with van der Waals surface area (Å²) < 4.78 is 5.67. The number of Topliss-reactive ketones (excluding diaryl/α,β-unsaturated/α-hetero) is 1. The van der Waals surface area contributed by atoms with Crippen LogP contribution in [0.2, 0.25) is 5.02 Å². The van der Waals surface area contributed by atoms with Crippen molar-refractivity contribution in [2.24, 2.45) is 0 Å². The Morgan fingerprint density at radius 2 is 1.76 bits per heavy atom. The summed E-state index contributed by atoms with van der Waals surface area (Å²) >= 11 is 6.23. The third kappa shape index (κ3) is 4.78. The molecule has 1 aliphatic heterocycles. The summed E-state index contributed by atoms with van der Waals surface area (Å²) in [5, 5.41) is 11.7. The molecule has 3 aromatic carbocycles. The first-order valence-corrected chi connectivity index (χ1v) is 11.2. The van der Waals surface area contributed by atoms with Gasteiger partial charge in [-0.05, 0) is 41.8 Å². The van der Waals surface area contributed by atoms with Crippen LogP contribution in [-0.2, 0) is 16.1 Å². The van der Waals surface area contributed by atoms with Gasteiger partial charge in [-0.25, -0.2) is 0 Å². The number of hydrogen-bond acceptors (Lipinski definition) is 4. The summed E-state index contributed by atoms with van der Waals surface area (Å²) in [4.78, 5) is 27.8. The van der Waals surface area contributed by atoms with Gasteiger partial charge in [0.2, 0.25) is 0 Å². The first-order chi connectivity index (χ1) is 16.0. The Kier molecular flexibility index (Phi) is 6.80. The maximum atomic E-state index is 13.2. The third-order valence-corrected chi connectivity index (χ3v) is 5.72. The molecule has 1 amide bonds. The molecule has 0 aliphatic carbocycles. The molecule has 0 spiro atoms. The summed E-state index contributed by atoms with van der Waals surface area (Å²) in [5.41, 5.74) is 1.97. The quantitative estimate of drug-likeness (QED) is 0.276. The largest absolute Gasteiger partial charge is 0.507 e. The van der Waals surface area contributed by atoms with Crippen molar-refractivity contribution in [3.05, 3.63) is 106 Å². The topological polar surface area (TPSA) is 66.8 Å². The molecule has 1 aliphatic rings. The number of halogens is 1. The summed E-state index contributed by atoms with van der Waals surface area (Å²) in [7, 11) is 0. The lowest BCUT2D eigenvalue weighted by Gasteiger charge is -2.25. The fourth-order valence-electron chi connectivity index (χ4n) is 3.96. The van der Waals surface area contributed by atoms with E-state index in [2.05, 4.69) is 0 Å². The lowest BCUT2D eigenvalue weighted by Crippen LogP contribution is -2.29. The second-order valence-electron chi connectivity index (χ2n) is 7.84. The van der Waals surface area contributed by atoms with Gasteiger partial charge in [0.1, 0.15) is 11.5 Å². The monoisotopic (exact) mass is 461 g/mol. The highest BCUT2D eigenvalue weighted by Gasteiger charge is 2.46. The van der Waals surface area contributed by atoms with Gasteiger partial charge in [-0.15, -0.1) is 0 Å². The molecular formula is C27H24ClNO4. The lowest BCUT2D eigenvalue weighted by atomic mass is 9.95. The molecule has 1 fully saturated rings. The molecule has 168 valence electrons. The summed E-state index contributed by atoms with van der Waals surface area (Å²) in [6, 6.07) is 22.5. The fourth-order valence-corrected chi connectivity index (χ4v) is 4.15. The van der Waals surface area contributed by atoms with Crippen LogP contribution in [0.25, 0.3) is 5.76 Å². The number of likely N-dealkylation sites (tertiary alicyclic amines) is 1. The summed E-state index contributed by atoms with van der Waals surface area (Å²) in [5.74, 6) is -1.05. The highest BCUT2D eigenvalue weighted by molar-refractivity contribution is 6.46. The van der Waals surface area contributed by atoms with Gasteiger partial charge in [-0.1, -0.05) is 73.1 Å². The van der Waals surface area contributed by atoms with E-state index in [1.807, 2.05) is 37.3 Å². The van der Waals surface area contributed by atoms with E-state index in [1.165, 1.54) is 4.90 Å². The van der Waals surface area contributed by atoms with E-state index >= 15 is 0 Å². The first kappa shape index (κ1) is 22.6. The highest BCUT2D eigenvalue weighted by Crippen LogP contribution is 2.41. The molecule has 1 N–H and O–H groups in total. The Hall–Kier alpha value is -3.57. The molecule has 1 unspecified atom stereocenters. The third-order valence-electron chi connectivity index (χ3n) is 5.48. The van der Waals surface area contributed by atoms with Crippen LogP contribution >= 0.6 is 11.6 Å². The Labute approximate surface area is 197 Å². The number of benzene rings is 3. The molecule has 0 saturated carbocycles. The molecule has 1 atom stereocenters. The predicted octanol–water partition coefficient (Wildman–Crippen LogP) is 5.75. The van der Waals surface area contributed by atoms with E-state index in [0.29, 0.717) is 28.5 Å². The Morgan fingerprint density at radius 1 is 1.00 bits per heavy atom. The maximum Gasteiger partial charge on any atom is 0.295 e. The van der Waals surface area contributed by atoms with Crippen LogP contribution in [0.3, 0.4) is 0 Å². The number of aliphatic hydroxyl groups is 1. The van der Waals surface area contributed by atoms with E-state index in [0.717, 1.165) is 12.0 Å². The van der Waals surface area contributed by atoms with Gasteiger partial charge >= 0.3 is 0 Å². The van der Waals surface area contributed by atoms with Gasteiger partial charge < -0.3 is 14.7 Å². The number of carbonyl (C=O) groups is 2. The normalized spacial score (nSPS) is 17.4. The van der Waals surface area contributed by atoms with Gasteiger partial charge in [0.05, 0.1) is 18.2 Å². The zero-order valence-electron chi connectivity index (χ0n) is 18.2. The molecule has 0 aromatic heterocycles. The van der Waals surface area contributed by atoms with Crippen LogP contribution < -0.4 is 4.74 Å². The summed E-state index contributed by atoms with van der Waals surface area (Å²) in [6.45, 7) is 2.76. The Morgan fingerprint density at radius 3 is 2.48 bits per heavy atom. The number of hydrogen-bond donors (Lipinski definition) is 1. The number of carbonyl (C=O) groups excluding carboxylic acids is 2. The average molecular weight is 462 g/mol. The van der Waals surface area contributed by atoms with Gasteiger partial charge in [-0.3, -0.25) is 9.59 Å². The number of rotatable bonds is 7. The summed E-state index contributed by atoms with van der Waals surface area (Å²) in [6.07, 6.45) is 0.843. The Bertz CT molecular complexity index is 1210. The number of ketones is 1. The molecule has 0 bridgehead atoms.